The zero-order chi connectivity index (χ0) is 74.0. The van der Waals surface area contributed by atoms with Gasteiger partial charge in [-0.1, -0.05) is 0 Å². The lowest BCUT2D eigenvalue weighted by atomic mass is 9.84. The Kier molecular flexibility index (Phi) is 21.7. The zero-order valence-corrected chi connectivity index (χ0v) is 39.6. The smallest absolute Gasteiger partial charge is 0.460 e. The van der Waals surface area contributed by atoms with Crippen LogP contribution in [0.25, 0.3) is 0 Å². The van der Waals surface area contributed by atoms with Crippen LogP contribution < -0.4 is 0 Å². The molecule has 0 amide bonds. The van der Waals surface area contributed by atoms with Gasteiger partial charge in [-0.25, -0.2) is 9.59 Å². The number of esters is 2. The van der Waals surface area contributed by atoms with E-state index in [4.69, 9.17) is 0 Å². The number of ether oxygens (including phenoxy) is 2. The molecule has 0 radical (unpaired) electrons. The number of carbonyl (C=O) groups excluding carboxylic acids is 2. The predicted octanol–water partition coefficient (Wildman–Crippen LogP) is 15.2. The fourth-order valence-corrected chi connectivity index (χ4v) is 5.53. The fourth-order valence-electron chi connectivity index (χ4n) is 5.53. The van der Waals surface area contributed by atoms with Crippen LogP contribution in [0.2, 0.25) is 0 Å². The maximum absolute atomic E-state index is 14.2. The van der Waals surface area contributed by atoms with Crippen molar-refractivity contribution in [2.45, 2.75) is 168 Å². The highest BCUT2D eigenvalue weighted by molar-refractivity contribution is 5.91. The minimum Gasteiger partial charge on any atom is -0.460 e. The maximum atomic E-state index is 14.2. The van der Waals surface area contributed by atoms with Crippen molar-refractivity contribution < 1.29 is 249 Å². The van der Waals surface area contributed by atoms with E-state index in [1.54, 1.807) is 0 Å². The van der Waals surface area contributed by atoms with E-state index >= 15 is 0 Å². The average molecular weight is 1470 g/mol. The predicted molar refractivity (Wildman–Crippen MR) is 173 cm³/mol. The number of hydrogen-bond acceptors (Lipinski definition) is 6. The monoisotopic (exact) mass is 1470 g/mol. The maximum Gasteiger partial charge on any atom is 0.460 e. The highest BCUT2D eigenvalue weighted by Crippen LogP contribution is 2.71. The number of aliphatic hydroxyl groups is 2. The Morgan fingerprint density at radius 2 is 0.356 bits per heavy atom. The van der Waals surface area contributed by atoms with Crippen LogP contribution in [-0.4, -0.2) is 190 Å². The van der Waals surface area contributed by atoms with Crippen molar-refractivity contribution >= 4 is 11.9 Å². The molecule has 0 aliphatic rings. The Balaban J connectivity index is 6.53. The van der Waals surface area contributed by atoms with Gasteiger partial charge in [0.05, 0.1) is 12.2 Å². The number of carbonyl (C=O) groups is 2. The Hall–Kier alpha value is -4.90. The third-order valence-corrected chi connectivity index (χ3v) is 10.9. The van der Waals surface area contributed by atoms with Crippen molar-refractivity contribution in [1.82, 2.24) is 0 Å². The van der Waals surface area contributed by atoms with Crippen LogP contribution in [0.4, 0.5) is 220 Å². The van der Waals surface area contributed by atoms with Gasteiger partial charge in [0.1, 0.15) is 13.2 Å². The zero-order valence-electron chi connectivity index (χ0n) is 39.6. The van der Waals surface area contributed by atoms with Crippen molar-refractivity contribution in [2.75, 3.05) is 13.2 Å². The number of aliphatic hydroxyl groups excluding tert-OH is 2. The topological polar surface area (TPSA) is 93.1 Å². The van der Waals surface area contributed by atoms with Gasteiger partial charge in [-0.15, -0.1) is 0 Å². The number of halogens is 50. The van der Waals surface area contributed by atoms with Crippen LogP contribution in [0.1, 0.15) is 12.8 Å². The summed E-state index contributed by atoms with van der Waals surface area (Å²) in [6.45, 7) is -5.42. The highest BCUT2D eigenvalue weighted by Gasteiger charge is 3.02. The molecule has 56 heteroatoms. The molecule has 2 atom stereocenters. The van der Waals surface area contributed by atoms with Gasteiger partial charge in [0.15, 0.2) is 0 Å². The molecular formula is C34H14F50O6. The first-order valence-corrected chi connectivity index (χ1v) is 20.1. The standard InChI is InChI=1S/C34H14F50O6/c35-11(36,13(39,40)15(43,44)17(47,48)19(51,52)21(55,56)23(59,60)25(63,64)27(67,68)29(71,72)31(75,76)33(79,80)81)3-7(85)5-89-9(87)1-2-10(88)90-6-8(86)4-12(37,38)14(41,42)16(45,46)18(49,50)20(53,54)22(57,58)24(61,62)26(65,66)28(69,70)30(73,74)32(77,78)34(82,83)84/h1-2,7-8,85-86H,3-6H2/b2-1-. The Morgan fingerprint density at radius 1 is 0.233 bits per heavy atom. The van der Waals surface area contributed by atoms with E-state index in [-0.39, 0.29) is 0 Å². The van der Waals surface area contributed by atoms with Gasteiger partial charge in [0, 0.05) is 25.0 Å². The van der Waals surface area contributed by atoms with Gasteiger partial charge in [0.2, 0.25) is 0 Å². The lowest BCUT2D eigenvalue weighted by Crippen LogP contribution is -2.78. The lowest BCUT2D eigenvalue weighted by Gasteiger charge is -2.45. The summed E-state index contributed by atoms with van der Waals surface area (Å²) in [4.78, 5) is 23.1. The first-order valence-electron chi connectivity index (χ1n) is 20.1. The van der Waals surface area contributed by atoms with Crippen LogP contribution in [0.5, 0.6) is 0 Å². The molecule has 90 heavy (non-hydrogen) atoms. The number of rotatable bonds is 30. The summed E-state index contributed by atoms with van der Waals surface area (Å²) >= 11 is 0. The summed E-state index contributed by atoms with van der Waals surface area (Å²) < 4.78 is 689. The number of hydrogen-bond donors (Lipinski definition) is 2. The summed E-state index contributed by atoms with van der Waals surface area (Å²) in [5.74, 6) is -212. The highest BCUT2D eigenvalue weighted by atomic mass is 19.5. The molecule has 0 saturated carbocycles. The molecule has 0 rings (SSSR count). The molecule has 0 aliphatic heterocycles. The normalized spacial score (nSPS) is 17.2. The second-order valence-electron chi connectivity index (χ2n) is 17.2. The SMILES string of the molecule is O=C(/C=C\C(=O)OCC(O)CC(F)(F)C(F)(F)C(F)(F)C(F)(F)C(F)(F)C(F)(F)C(F)(F)C(F)(F)C(F)(F)C(F)(F)C(F)(F)C(F)(F)F)OCC(O)CC(F)(F)C(F)(F)C(F)(F)C(F)(F)C(F)(F)C(F)(F)C(F)(F)C(F)(F)C(F)(F)C(F)(F)C(F)(F)C(F)(F)F. The van der Waals surface area contributed by atoms with Crippen molar-refractivity contribution in [2.24, 2.45) is 0 Å². The van der Waals surface area contributed by atoms with Crippen LogP contribution in [0.3, 0.4) is 0 Å². The summed E-state index contributed by atoms with van der Waals surface area (Å²) in [5.41, 5.74) is 0. The molecule has 0 aromatic rings. The van der Waals surface area contributed by atoms with Crippen molar-refractivity contribution in [3.63, 3.8) is 0 Å². The molecule has 6 nitrogen and oxygen atoms in total. The summed E-state index contributed by atoms with van der Waals surface area (Å²) in [6.07, 6.45) is -34.5. The quantitative estimate of drug-likeness (QED) is 0.0423. The van der Waals surface area contributed by atoms with Crippen LogP contribution in [-0.2, 0) is 19.1 Å². The molecule has 2 N–H and O–H groups in total. The molecule has 0 heterocycles. The van der Waals surface area contributed by atoms with E-state index in [9.17, 15) is 239 Å². The molecule has 0 aromatic heterocycles. The molecule has 0 bridgehead atoms. The van der Waals surface area contributed by atoms with Gasteiger partial charge in [0.25, 0.3) is 0 Å². The van der Waals surface area contributed by atoms with Crippen LogP contribution >= 0.6 is 0 Å². The van der Waals surface area contributed by atoms with Gasteiger partial charge in [-0.3, -0.25) is 0 Å². The lowest BCUT2D eigenvalue weighted by molar-refractivity contribution is -0.482. The van der Waals surface area contributed by atoms with Gasteiger partial charge in [-0.2, -0.15) is 220 Å². The first-order chi connectivity index (χ1) is 38.3. The molecule has 0 saturated heterocycles. The van der Waals surface area contributed by atoms with Crippen molar-refractivity contribution in [3.05, 3.63) is 12.2 Å². The molecule has 0 aromatic carbocycles. The van der Waals surface area contributed by atoms with Gasteiger partial charge < -0.3 is 19.7 Å². The summed E-state index contributed by atoms with van der Waals surface area (Å²) in [5, 5.41) is 18.6. The summed E-state index contributed by atoms with van der Waals surface area (Å²) in [7, 11) is 0. The van der Waals surface area contributed by atoms with Crippen molar-refractivity contribution in [1.29, 1.82) is 0 Å². The second-order valence-corrected chi connectivity index (χ2v) is 17.2. The third-order valence-electron chi connectivity index (χ3n) is 10.9. The van der Waals surface area contributed by atoms with E-state index < -0.39 is 205 Å². The average Bonchev–Trinajstić information content (AvgIpc) is 0.703. The van der Waals surface area contributed by atoms with E-state index in [1.165, 1.54) is 0 Å². The molecular weight excluding hydrogens is 1450 g/mol. The van der Waals surface area contributed by atoms with E-state index in [1.807, 2.05) is 0 Å². The summed E-state index contributed by atoms with van der Waals surface area (Å²) in [6, 6.07) is 0. The fraction of sp³-hybridized carbons (Fsp3) is 0.882. The molecule has 2 unspecified atom stereocenters. The Bertz CT molecular complexity index is 2390. The molecule has 536 valence electrons. The minimum absolute atomic E-state index is 0.783. The Labute approximate surface area is 455 Å². The van der Waals surface area contributed by atoms with Gasteiger partial charge >= 0.3 is 155 Å². The Morgan fingerprint density at radius 3 is 0.489 bits per heavy atom. The molecule has 0 fully saturated rings. The third kappa shape index (κ3) is 11.8. The first kappa shape index (κ1) is 85.1. The van der Waals surface area contributed by atoms with Crippen LogP contribution in [0, 0.1) is 0 Å². The van der Waals surface area contributed by atoms with Crippen LogP contribution in [0.15, 0.2) is 12.2 Å². The number of alkyl halides is 50. The largest absolute Gasteiger partial charge is 0.460 e. The van der Waals surface area contributed by atoms with Gasteiger partial charge in [-0.05, 0) is 0 Å². The molecule has 0 aliphatic carbocycles. The second kappa shape index (κ2) is 22.9. The molecule has 0 spiro atoms. The van der Waals surface area contributed by atoms with E-state index in [2.05, 4.69) is 9.47 Å². The van der Waals surface area contributed by atoms with E-state index in [0.717, 1.165) is 0 Å². The van der Waals surface area contributed by atoms with Crippen molar-refractivity contribution in [3.8, 4) is 0 Å². The van der Waals surface area contributed by atoms with E-state index in [0.29, 0.717) is 0 Å². The minimum atomic E-state index is -9.98.